The number of ketones is 2. The minimum atomic E-state index is -1.60. The van der Waals surface area contributed by atoms with Crippen molar-refractivity contribution in [2.75, 3.05) is 33.0 Å². The van der Waals surface area contributed by atoms with Gasteiger partial charge in [0.2, 0.25) is 12.1 Å². The molecule has 0 spiro atoms. The largest absolute Gasteiger partial charge is 0.324 e. The Morgan fingerprint density at radius 3 is 1.43 bits per heavy atom. The number of alkyl halides is 3. The van der Waals surface area contributed by atoms with Crippen LogP contribution in [0.4, 0.5) is 34.1 Å². The molecule has 5 aromatic carbocycles. The van der Waals surface area contributed by atoms with E-state index in [0.29, 0.717) is 41.5 Å². The third-order valence-electron chi connectivity index (χ3n) is 9.50. The summed E-state index contributed by atoms with van der Waals surface area (Å²) in [5.74, 6) is -3.25. The fourth-order valence-electron chi connectivity index (χ4n) is 6.18. The van der Waals surface area contributed by atoms with E-state index in [1.54, 1.807) is 31.2 Å². The number of azo groups is 2. The quantitative estimate of drug-likeness (QED) is 0.0360. The van der Waals surface area contributed by atoms with Gasteiger partial charge in [-0.1, -0.05) is 59.6 Å². The summed E-state index contributed by atoms with van der Waals surface area (Å²) in [6, 6.07) is 24.1. The molecule has 0 aromatic heterocycles. The second kappa shape index (κ2) is 23.8. The Morgan fingerprint density at radius 2 is 1.00 bits per heavy atom. The molecule has 5 aromatic rings. The molecular weight excluding hydrogens is 938 g/mol. The number of rotatable bonds is 19. The summed E-state index contributed by atoms with van der Waals surface area (Å²) >= 11 is 31.1. The molecule has 3 unspecified atom stereocenters. The van der Waals surface area contributed by atoms with Crippen LogP contribution in [0.5, 0.6) is 0 Å². The number of nitrogens with zero attached hydrogens (tertiary/aromatic N) is 4. The van der Waals surface area contributed by atoms with Crippen LogP contribution < -0.4 is 21.3 Å². The van der Waals surface area contributed by atoms with E-state index in [1.807, 2.05) is 24.3 Å². The fraction of sp³-hybridized carbons (Fsp3) is 0.217. The van der Waals surface area contributed by atoms with Crippen LogP contribution in [0.15, 0.2) is 124 Å². The molecule has 0 heterocycles. The standard InChI is InChI=1S/C46H41Cl5N8O6/c1-25(49)33-22-30(52-45(64)41(26(2)60)58-56-31-12-15-36(50)34(23-31)43(62)53-38-10-6-4-8-28(38)18-20-47)14-17-40(33)55-46(65)42(27(3)61)59-57-32-13-16-37(51)35(24-32)44(63)54-39-11-7-5-9-29(39)19-21-48/h4-17,22-25,41-42H,18-21H2,1-3H3,(H,52,64)(H,53,62)(H,54,63)(H,55,65). The van der Waals surface area contributed by atoms with Crippen LogP contribution >= 0.6 is 58.0 Å². The van der Waals surface area contributed by atoms with Gasteiger partial charge in [0.05, 0.1) is 37.9 Å². The van der Waals surface area contributed by atoms with Crippen LogP contribution in [0.1, 0.15) is 63.6 Å². The van der Waals surface area contributed by atoms with Crippen molar-refractivity contribution in [3.8, 4) is 0 Å². The highest BCUT2D eigenvalue weighted by Crippen LogP contribution is 2.32. The number of benzene rings is 5. The number of nitrogens with one attached hydrogen (secondary N) is 4. The highest BCUT2D eigenvalue weighted by Gasteiger charge is 2.27. The van der Waals surface area contributed by atoms with Crippen molar-refractivity contribution in [1.82, 2.24) is 0 Å². The predicted molar refractivity (Wildman–Crippen MR) is 256 cm³/mol. The number of hydrogen-bond donors (Lipinski definition) is 4. The minimum absolute atomic E-state index is 0.0801. The SMILES string of the molecule is CC(=O)C(N=Nc1ccc(Cl)c(C(=O)Nc2ccccc2CCCl)c1)C(=O)Nc1ccc(NC(=O)C(N=Nc2ccc(Cl)c(C(=O)Nc3ccccc3CCCl)c2)C(C)=O)c(C(C)Cl)c1. The normalized spacial score (nSPS) is 12.6. The highest BCUT2D eigenvalue weighted by molar-refractivity contribution is 6.35. The molecule has 4 amide bonds. The van der Waals surface area contributed by atoms with Crippen LogP contribution in [0.2, 0.25) is 10.0 Å². The Hall–Kier alpha value is -6.03. The molecule has 336 valence electrons. The number of amides is 4. The summed E-state index contributed by atoms with van der Waals surface area (Å²) in [6.45, 7) is 3.96. The molecule has 0 saturated heterocycles. The maximum absolute atomic E-state index is 13.5. The lowest BCUT2D eigenvalue weighted by Crippen LogP contribution is -2.32. The van der Waals surface area contributed by atoms with Crippen molar-refractivity contribution < 1.29 is 28.8 Å². The van der Waals surface area contributed by atoms with Crippen LogP contribution in [0.3, 0.4) is 0 Å². The summed E-state index contributed by atoms with van der Waals surface area (Å²) in [4.78, 5) is 78.7. The number of hydrogen-bond acceptors (Lipinski definition) is 10. The molecule has 14 nitrogen and oxygen atoms in total. The lowest BCUT2D eigenvalue weighted by Gasteiger charge is -2.17. The van der Waals surface area contributed by atoms with Gasteiger partial charge in [0.25, 0.3) is 23.6 Å². The number of para-hydroxylation sites is 2. The average molecular weight is 979 g/mol. The van der Waals surface area contributed by atoms with Gasteiger partial charge in [-0.25, -0.2) is 0 Å². The van der Waals surface area contributed by atoms with Gasteiger partial charge in [-0.3, -0.25) is 28.8 Å². The molecule has 0 radical (unpaired) electrons. The second-order valence-corrected chi connectivity index (χ2v) is 16.5. The molecule has 5 rings (SSSR count). The van der Waals surface area contributed by atoms with E-state index < -0.39 is 52.7 Å². The predicted octanol–water partition coefficient (Wildman–Crippen LogP) is 11.7. The van der Waals surface area contributed by atoms with Crippen molar-refractivity contribution in [2.45, 2.75) is 51.1 Å². The number of aryl methyl sites for hydroxylation is 2. The van der Waals surface area contributed by atoms with Gasteiger partial charge >= 0.3 is 0 Å². The maximum Gasteiger partial charge on any atom is 0.258 e. The van der Waals surface area contributed by atoms with E-state index in [2.05, 4.69) is 41.7 Å². The van der Waals surface area contributed by atoms with Gasteiger partial charge in [0, 0.05) is 34.5 Å². The van der Waals surface area contributed by atoms with Crippen molar-refractivity contribution in [3.63, 3.8) is 0 Å². The van der Waals surface area contributed by atoms with Gasteiger partial charge in [-0.05, 0) is 117 Å². The van der Waals surface area contributed by atoms with Crippen LogP contribution in [-0.4, -0.2) is 59.0 Å². The van der Waals surface area contributed by atoms with Gasteiger partial charge < -0.3 is 21.3 Å². The summed E-state index contributed by atoms with van der Waals surface area (Å²) in [6.07, 6.45) is 1.06. The van der Waals surface area contributed by atoms with E-state index >= 15 is 0 Å². The van der Waals surface area contributed by atoms with Gasteiger partial charge in [0.15, 0.2) is 11.6 Å². The monoisotopic (exact) mass is 976 g/mol. The minimum Gasteiger partial charge on any atom is -0.324 e. The van der Waals surface area contributed by atoms with Crippen molar-refractivity contribution >= 4 is 127 Å². The molecule has 0 aliphatic rings. The molecule has 0 fully saturated rings. The Balaban J connectivity index is 1.28. The number of carbonyl (C=O) groups excluding carboxylic acids is 6. The Labute approximate surface area is 399 Å². The molecule has 0 aliphatic heterocycles. The van der Waals surface area contributed by atoms with E-state index in [0.717, 1.165) is 11.1 Å². The molecule has 0 bridgehead atoms. The zero-order valence-corrected chi connectivity index (χ0v) is 38.8. The second-order valence-electron chi connectivity index (χ2n) is 14.3. The molecule has 4 N–H and O–H groups in total. The lowest BCUT2D eigenvalue weighted by atomic mass is 10.1. The smallest absolute Gasteiger partial charge is 0.258 e. The third-order valence-corrected chi connectivity index (χ3v) is 10.8. The summed E-state index contributed by atoms with van der Waals surface area (Å²) in [5.41, 5.74) is 4.00. The summed E-state index contributed by atoms with van der Waals surface area (Å²) in [5, 5.41) is 26.6. The van der Waals surface area contributed by atoms with Crippen LogP contribution in [0, 0.1) is 0 Å². The molecular formula is C46H41Cl5N8O6. The molecule has 3 atom stereocenters. The first kappa shape index (κ1) is 50.0. The first-order chi connectivity index (χ1) is 31.1. The maximum atomic E-state index is 13.5. The zero-order chi connectivity index (χ0) is 47.2. The fourth-order valence-corrected chi connectivity index (χ4v) is 7.18. The van der Waals surface area contributed by atoms with Crippen LogP contribution in [0.25, 0.3) is 0 Å². The Bertz CT molecular complexity index is 2680. The van der Waals surface area contributed by atoms with Gasteiger partial charge in [0.1, 0.15) is 0 Å². The number of halogens is 5. The Kier molecular flexibility index (Phi) is 18.3. The van der Waals surface area contributed by atoms with Gasteiger partial charge in [-0.2, -0.15) is 20.5 Å². The van der Waals surface area contributed by atoms with E-state index in [9.17, 15) is 28.8 Å². The van der Waals surface area contributed by atoms with Crippen molar-refractivity contribution in [1.29, 1.82) is 0 Å². The third kappa shape index (κ3) is 13.7. The van der Waals surface area contributed by atoms with Gasteiger partial charge in [-0.15, -0.1) is 34.8 Å². The van der Waals surface area contributed by atoms with Crippen molar-refractivity contribution in [2.24, 2.45) is 20.5 Å². The summed E-state index contributed by atoms with van der Waals surface area (Å²) in [7, 11) is 0. The Morgan fingerprint density at radius 1 is 0.554 bits per heavy atom. The number of Topliss-reactive ketones (excluding diaryl/α,β-unsaturated/α-hetero) is 2. The zero-order valence-electron chi connectivity index (χ0n) is 35.0. The lowest BCUT2D eigenvalue weighted by molar-refractivity contribution is -0.127. The van der Waals surface area contributed by atoms with E-state index in [4.69, 9.17) is 58.0 Å². The molecule has 0 aliphatic carbocycles. The highest BCUT2D eigenvalue weighted by atomic mass is 35.5. The topological polar surface area (TPSA) is 200 Å². The van der Waals surface area contributed by atoms with Crippen molar-refractivity contribution in [3.05, 3.63) is 141 Å². The molecule has 19 heteroatoms. The van der Waals surface area contributed by atoms with E-state index in [-0.39, 0.29) is 43.9 Å². The van der Waals surface area contributed by atoms with E-state index in [1.165, 1.54) is 68.4 Å². The molecule has 0 saturated carbocycles. The average Bonchev–Trinajstić information content (AvgIpc) is 3.26. The summed E-state index contributed by atoms with van der Waals surface area (Å²) < 4.78 is 0. The first-order valence-corrected chi connectivity index (χ1v) is 22.1. The number of anilines is 4. The molecule has 65 heavy (non-hydrogen) atoms. The van der Waals surface area contributed by atoms with Crippen LogP contribution in [-0.2, 0) is 32.0 Å². The number of carbonyl (C=O) groups is 6. The first-order valence-electron chi connectivity index (χ1n) is 19.8.